The van der Waals surface area contributed by atoms with Gasteiger partial charge in [0.2, 0.25) is 0 Å². The van der Waals surface area contributed by atoms with Gasteiger partial charge in [-0.05, 0) is 26.2 Å². The molecule has 2 atom stereocenters. The summed E-state index contributed by atoms with van der Waals surface area (Å²) in [6, 6.07) is 0. The third-order valence-corrected chi connectivity index (χ3v) is 4.28. The van der Waals surface area contributed by atoms with E-state index in [1.54, 1.807) is 6.92 Å². The van der Waals surface area contributed by atoms with E-state index in [-0.39, 0.29) is 12.2 Å². The first-order valence-electron chi connectivity index (χ1n) is 5.41. The van der Waals surface area contributed by atoms with Gasteiger partial charge in [-0.15, -0.1) is 23.2 Å². The summed E-state index contributed by atoms with van der Waals surface area (Å²) in [6.45, 7) is 2.39. The number of alkyl halides is 2. The lowest BCUT2D eigenvalue weighted by Gasteiger charge is -2.23. The van der Waals surface area contributed by atoms with Crippen LogP contribution in [-0.2, 0) is 14.4 Å². The Morgan fingerprint density at radius 2 is 2.19 bits per heavy atom. The summed E-state index contributed by atoms with van der Waals surface area (Å²) in [6.07, 6.45) is 2.98. The highest BCUT2D eigenvalue weighted by Gasteiger charge is 2.68. The molecule has 0 radical (unpaired) electrons. The van der Waals surface area contributed by atoms with Crippen molar-refractivity contribution in [2.45, 2.75) is 43.2 Å². The van der Waals surface area contributed by atoms with E-state index in [0.29, 0.717) is 13.0 Å². The lowest BCUT2D eigenvalue weighted by atomic mass is 10.1. The average molecular weight is 268 g/mol. The van der Waals surface area contributed by atoms with E-state index in [4.69, 9.17) is 32.8 Å². The van der Waals surface area contributed by atoms with Gasteiger partial charge in [-0.25, -0.2) is 10.3 Å². The zero-order valence-corrected chi connectivity index (χ0v) is 10.6. The standard InChI is InChI=1S/C10H15Cl2NO3/c1-9(6-10(9,11)12)8(14)13-16-7-4-2-3-5-15-7/h7H,2-6H2,1H3,(H,13,14)/t7-,9-/m0/s1. The Labute approximate surface area is 105 Å². The second-order valence-electron chi connectivity index (χ2n) is 4.56. The van der Waals surface area contributed by atoms with Crippen LogP contribution in [0.3, 0.4) is 0 Å². The lowest BCUT2D eigenvalue weighted by Crippen LogP contribution is -2.38. The molecule has 92 valence electrons. The molecule has 1 saturated carbocycles. The van der Waals surface area contributed by atoms with Crippen LogP contribution in [0.4, 0.5) is 0 Å². The van der Waals surface area contributed by atoms with Crippen molar-refractivity contribution in [1.29, 1.82) is 0 Å². The van der Waals surface area contributed by atoms with Crippen molar-refractivity contribution in [2.24, 2.45) is 5.41 Å². The lowest BCUT2D eigenvalue weighted by molar-refractivity contribution is -0.202. The third kappa shape index (κ3) is 2.30. The van der Waals surface area contributed by atoms with Crippen LogP contribution in [0.15, 0.2) is 0 Å². The monoisotopic (exact) mass is 267 g/mol. The summed E-state index contributed by atoms with van der Waals surface area (Å²) >= 11 is 11.8. The van der Waals surface area contributed by atoms with Gasteiger partial charge >= 0.3 is 0 Å². The normalized spacial score (nSPS) is 36.8. The van der Waals surface area contributed by atoms with E-state index in [2.05, 4.69) is 5.48 Å². The molecule has 2 fully saturated rings. The highest BCUT2D eigenvalue weighted by molar-refractivity contribution is 6.53. The fourth-order valence-electron chi connectivity index (χ4n) is 1.68. The summed E-state index contributed by atoms with van der Waals surface area (Å²) in [5.74, 6) is -0.285. The number of hydrogen-bond donors (Lipinski definition) is 1. The third-order valence-electron chi connectivity index (χ3n) is 3.18. The molecule has 0 bridgehead atoms. The van der Waals surface area contributed by atoms with Crippen LogP contribution in [-0.4, -0.2) is 23.1 Å². The van der Waals surface area contributed by atoms with E-state index >= 15 is 0 Å². The van der Waals surface area contributed by atoms with Gasteiger partial charge in [-0.1, -0.05) is 0 Å². The van der Waals surface area contributed by atoms with E-state index in [0.717, 1.165) is 19.3 Å². The van der Waals surface area contributed by atoms with E-state index < -0.39 is 9.75 Å². The second-order valence-corrected chi connectivity index (χ2v) is 6.04. The molecule has 0 unspecified atom stereocenters. The molecule has 0 aromatic heterocycles. The molecule has 4 nitrogen and oxygen atoms in total. The van der Waals surface area contributed by atoms with Crippen LogP contribution in [0, 0.1) is 5.41 Å². The molecule has 1 heterocycles. The average Bonchev–Trinajstić information content (AvgIpc) is 2.78. The topological polar surface area (TPSA) is 47.6 Å². The van der Waals surface area contributed by atoms with Crippen molar-refractivity contribution in [3.8, 4) is 0 Å². The molecule has 2 rings (SSSR count). The van der Waals surface area contributed by atoms with Crippen LogP contribution < -0.4 is 5.48 Å². The summed E-state index contributed by atoms with van der Waals surface area (Å²) in [5.41, 5.74) is 1.63. The van der Waals surface area contributed by atoms with Crippen LogP contribution in [0.5, 0.6) is 0 Å². The van der Waals surface area contributed by atoms with Crippen molar-refractivity contribution >= 4 is 29.1 Å². The number of carbonyl (C=O) groups is 1. The highest BCUT2D eigenvalue weighted by Crippen LogP contribution is 2.63. The minimum absolute atomic E-state index is 0.285. The summed E-state index contributed by atoms with van der Waals surface area (Å²) < 4.78 is 4.35. The van der Waals surface area contributed by atoms with E-state index in [9.17, 15) is 4.79 Å². The summed E-state index contributed by atoms with van der Waals surface area (Å²) in [7, 11) is 0. The Hall–Kier alpha value is -0.0300. The van der Waals surface area contributed by atoms with E-state index in [1.807, 2.05) is 0 Å². The van der Waals surface area contributed by atoms with Gasteiger partial charge < -0.3 is 4.74 Å². The van der Waals surface area contributed by atoms with Crippen molar-refractivity contribution in [2.75, 3.05) is 6.61 Å². The molecule has 0 spiro atoms. The molecule has 2 aliphatic rings. The van der Waals surface area contributed by atoms with Gasteiger partial charge in [-0.3, -0.25) is 4.79 Å². The molecule has 16 heavy (non-hydrogen) atoms. The second kappa shape index (κ2) is 4.33. The fraction of sp³-hybridized carbons (Fsp3) is 0.900. The van der Waals surface area contributed by atoms with Gasteiger partial charge in [0.25, 0.3) is 5.91 Å². The maximum absolute atomic E-state index is 11.7. The molecule has 1 aliphatic carbocycles. The molecule has 1 N–H and O–H groups in total. The number of nitrogens with one attached hydrogen (secondary N) is 1. The van der Waals surface area contributed by atoms with Gasteiger partial charge in [0, 0.05) is 13.0 Å². The molecule has 0 aromatic rings. The van der Waals surface area contributed by atoms with Gasteiger partial charge in [-0.2, -0.15) is 0 Å². The SMILES string of the molecule is C[C@@]1(C(=O)NO[C@H]2CCCCO2)CC1(Cl)Cl. The minimum Gasteiger partial charge on any atom is -0.350 e. The largest absolute Gasteiger partial charge is 0.350 e. The zero-order chi connectivity index (χ0) is 11.8. The van der Waals surface area contributed by atoms with Crippen LogP contribution in [0.2, 0.25) is 0 Å². The Morgan fingerprint density at radius 1 is 1.50 bits per heavy atom. The fourth-order valence-corrected chi connectivity index (χ4v) is 2.39. The van der Waals surface area contributed by atoms with Crippen LogP contribution >= 0.6 is 23.2 Å². The zero-order valence-electron chi connectivity index (χ0n) is 9.09. The van der Waals surface area contributed by atoms with Crippen molar-refractivity contribution < 1.29 is 14.4 Å². The number of amides is 1. The van der Waals surface area contributed by atoms with Crippen molar-refractivity contribution in [3.63, 3.8) is 0 Å². The molecule has 1 aliphatic heterocycles. The van der Waals surface area contributed by atoms with E-state index in [1.165, 1.54) is 0 Å². The molecular weight excluding hydrogens is 253 g/mol. The molecule has 1 saturated heterocycles. The predicted molar refractivity (Wildman–Crippen MR) is 60.0 cm³/mol. The highest BCUT2D eigenvalue weighted by atomic mass is 35.5. The number of ether oxygens (including phenoxy) is 1. The van der Waals surface area contributed by atoms with Crippen molar-refractivity contribution in [3.05, 3.63) is 0 Å². The number of carbonyl (C=O) groups excluding carboxylic acids is 1. The van der Waals surface area contributed by atoms with Crippen molar-refractivity contribution in [1.82, 2.24) is 5.48 Å². The maximum Gasteiger partial charge on any atom is 0.252 e. The summed E-state index contributed by atoms with van der Waals surface area (Å²) in [5, 5.41) is 0. The Morgan fingerprint density at radius 3 is 2.69 bits per heavy atom. The predicted octanol–water partition coefficient (Wildman–Crippen LogP) is 2.14. The molecule has 6 heteroatoms. The Balaban J connectivity index is 1.76. The van der Waals surface area contributed by atoms with Crippen LogP contribution in [0.1, 0.15) is 32.6 Å². The number of rotatable bonds is 3. The van der Waals surface area contributed by atoms with Gasteiger partial charge in [0.1, 0.15) is 4.33 Å². The molecule has 0 aromatic carbocycles. The number of hydroxylamine groups is 1. The Kier molecular flexibility index (Phi) is 3.36. The first kappa shape index (κ1) is 12.4. The van der Waals surface area contributed by atoms with Gasteiger partial charge in [0.15, 0.2) is 6.29 Å². The minimum atomic E-state index is -0.964. The number of hydrogen-bond acceptors (Lipinski definition) is 3. The quantitative estimate of drug-likeness (QED) is 0.630. The van der Waals surface area contributed by atoms with Gasteiger partial charge in [0.05, 0.1) is 5.41 Å². The Bertz CT molecular complexity index is 292. The first-order chi connectivity index (χ1) is 7.46. The maximum atomic E-state index is 11.7. The molecule has 1 amide bonds. The summed E-state index contributed by atoms with van der Waals surface area (Å²) in [4.78, 5) is 16.9. The van der Waals surface area contributed by atoms with Crippen LogP contribution in [0.25, 0.3) is 0 Å². The smallest absolute Gasteiger partial charge is 0.252 e. The molecular formula is C10H15Cl2NO3. The number of halogens is 2. The first-order valence-corrected chi connectivity index (χ1v) is 6.17.